The van der Waals surface area contributed by atoms with Gasteiger partial charge < -0.3 is 20.1 Å². The second kappa shape index (κ2) is 7.31. The smallest absolute Gasteiger partial charge is 0.317 e. The van der Waals surface area contributed by atoms with Crippen molar-refractivity contribution in [1.29, 1.82) is 5.26 Å². The van der Waals surface area contributed by atoms with Crippen LogP contribution in [0.4, 0.5) is 4.79 Å². The molecule has 0 saturated carbocycles. The summed E-state index contributed by atoms with van der Waals surface area (Å²) in [4.78, 5) is 23.7. The Bertz CT molecular complexity index is 573. The number of nitriles is 1. The summed E-state index contributed by atoms with van der Waals surface area (Å²) < 4.78 is 5.68. The number of hydrogen-bond donors (Lipinski definition) is 2. The third-order valence-electron chi connectivity index (χ3n) is 3.27. The highest BCUT2D eigenvalue weighted by molar-refractivity contribution is 5.75. The van der Waals surface area contributed by atoms with E-state index >= 15 is 0 Å². The molecule has 0 atom stereocenters. The van der Waals surface area contributed by atoms with Gasteiger partial charge in [0.1, 0.15) is 11.9 Å². The molecule has 0 radical (unpaired) electrons. The van der Waals surface area contributed by atoms with Crippen molar-refractivity contribution in [2.75, 3.05) is 19.6 Å². The fourth-order valence-corrected chi connectivity index (χ4v) is 2.03. The van der Waals surface area contributed by atoms with Gasteiger partial charge in [-0.25, -0.2) is 4.79 Å². The lowest BCUT2D eigenvalue weighted by Crippen LogP contribution is -2.58. The van der Waals surface area contributed by atoms with Crippen molar-refractivity contribution in [2.45, 2.75) is 18.9 Å². The highest BCUT2D eigenvalue weighted by Crippen LogP contribution is 2.18. The van der Waals surface area contributed by atoms with Gasteiger partial charge in [-0.2, -0.15) is 5.26 Å². The predicted molar refractivity (Wildman–Crippen MR) is 77.4 cm³/mol. The van der Waals surface area contributed by atoms with E-state index in [0.29, 0.717) is 37.4 Å². The van der Waals surface area contributed by atoms with Crippen molar-refractivity contribution in [3.05, 3.63) is 29.8 Å². The Balaban J connectivity index is 1.65. The summed E-state index contributed by atoms with van der Waals surface area (Å²) >= 11 is 0. The molecule has 1 fully saturated rings. The van der Waals surface area contributed by atoms with E-state index in [0.717, 1.165) is 0 Å². The molecule has 1 aromatic carbocycles. The maximum Gasteiger partial charge on any atom is 0.317 e. The molecule has 2 rings (SSSR count). The van der Waals surface area contributed by atoms with Gasteiger partial charge in [0.15, 0.2) is 0 Å². The van der Waals surface area contributed by atoms with Crippen LogP contribution in [-0.2, 0) is 4.79 Å². The Hall–Kier alpha value is -2.75. The number of hydrogen-bond acceptors (Lipinski definition) is 4. The van der Waals surface area contributed by atoms with E-state index in [1.807, 2.05) is 6.07 Å². The third kappa shape index (κ3) is 4.38. The molecular weight excluding hydrogens is 286 g/mol. The zero-order valence-electron chi connectivity index (χ0n) is 12.0. The number of nitrogens with one attached hydrogen (secondary N) is 1. The van der Waals surface area contributed by atoms with E-state index < -0.39 is 5.97 Å². The van der Waals surface area contributed by atoms with Gasteiger partial charge in [-0.15, -0.1) is 0 Å². The molecule has 7 heteroatoms. The van der Waals surface area contributed by atoms with Gasteiger partial charge in [-0.05, 0) is 30.7 Å². The first-order valence-corrected chi connectivity index (χ1v) is 7.00. The molecule has 116 valence electrons. The molecule has 7 nitrogen and oxygen atoms in total. The summed E-state index contributed by atoms with van der Waals surface area (Å²) in [6.07, 6.45) is 0.405. The third-order valence-corrected chi connectivity index (χ3v) is 3.27. The van der Waals surface area contributed by atoms with E-state index in [9.17, 15) is 9.59 Å². The number of likely N-dealkylation sites (tertiary alicyclic amines) is 1. The van der Waals surface area contributed by atoms with Gasteiger partial charge in [0.25, 0.3) is 0 Å². The second-order valence-electron chi connectivity index (χ2n) is 5.01. The summed E-state index contributed by atoms with van der Waals surface area (Å²) in [7, 11) is 0. The van der Waals surface area contributed by atoms with Crippen LogP contribution in [0.5, 0.6) is 5.75 Å². The first-order chi connectivity index (χ1) is 10.6. The van der Waals surface area contributed by atoms with E-state index in [1.54, 1.807) is 29.2 Å². The number of carbonyl (C=O) groups is 2. The average molecular weight is 303 g/mol. The summed E-state index contributed by atoms with van der Waals surface area (Å²) in [5.41, 5.74) is 0.573. The number of benzene rings is 1. The number of carboxylic acid groups (broad SMARTS) is 1. The summed E-state index contributed by atoms with van der Waals surface area (Å²) in [5, 5.41) is 19.9. The largest absolute Gasteiger partial charge is 0.487 e. The molecule has 1 heterocycles. The molecule has 2 amide bonds. The van der Waals surface area contributed by atoms with Crippen molar-refractivity contribution in [3.63, 3.8) is 0 Å². The molecule has 1 saturated heterocycles. The lowest BCUT2D eigenvalue weighted by atomic mass is 10.1. The normalized spacial score (nSPS) is 13.9. The van der Waals surface area contributed by atoms with Crippen LogP contribution in [0.1, 0.15) is 18.4 Å². The van der Waals surface area contributed by atoms with E-state index in [1.165, 1.54) is 0 Å². The second-order valence-corrected chi connectivity index (χ2v) is 5.01. The summed E-state index contributed by atoms with van der Waals surface area (Å²) in [6, 6.07) is 8.65. The number of urea groups is 1. The molecule has 1 aromatic rings. The highest BCUT2D eigenvalue weighted by atomic mass is 16.5. The number of nitrogens with zero attached hydrogens (tertiary/aromatic N) is 2. The minimum absolute atomic E-state index is 0.0463. The Morgan fingerprint density at radius 1 is 1.36 bits per heavy atom. The zero-order chi connectivity index (χ0) is 15.9. The van der Waals surface area contributed by atoms with Crippen molar-refractivity contribution in [1.82, 2.24) is 10.2 Å². The molecule has 0 aliphatic carbocycles. The van der Waals surface area contributed by atoms with E-state index in [-0.39, 0.29) is 18.6 Å². The SMILES string of the molecule is N#Cc1ccc(OC2CN(C(=O)NCCCC(=O)O)C2)cc1. The summed E-state index contributed by atoms with van der Waals surface area (Å²) in [5.74, 6) is -0.195. The highest BCUT2D eigenvalue weighted by Gasteiger charge is 2.32. The lowest BCUT2D eigenvalue weighted by Gasteiger charge is -2.38. The van der Waals surface area contributed by atoms with Crippen LogP contribution in [0.2, 0.25) is 0 Å². The van der Waals surface area contributed by atoms with Gasteiger partial charge in [0.05, 0.1) is 24.7 Å². The molecule has 22 heavy (non-hydrogen) atoms. The van der Waals surface area contributed by atoms with Crippen LogP contribution in [0.15, 0.2) is 24.3 Å². The van der Waals surface area contributed by atoms with Crippen molar-refractivity contribution in [3.8, 4) is 11.8 Å². The van der Waals surface area contributed by atoms with Crippen molar-refractivity contribution >= 4 is 12.0 Å². The van der Waals surface area contributed by atoms with Gasteiger partial charge in [-0.1, -0.05) is 0 Å². The number of aliphatic carboxylic acids is 1. The number of amides is 2. The molecule has 0 spiro atoms. The molecule has 1 aliphatic rings. The number of carbonyl (C=O) groups excluding carboxylic acids is 1. The number of carboxylic acids is 1. The Morgan fingerprint density at radius 3 is 2.64 bits per heavy atom. The fraction of sp³-hybridized carbons (Fsp3) is 0.400. The zero-order valence-corrected chi connectivity index (χ0v) is 12.0. The minimum Gasteiger partial charge on any atom is -0.487 e. The van der Waals surface area contributed by atoms with Crippen LogP contribution in [0.3, 0.4) is 0 Å². The van der Waals surface area contributed by atoms with Crippen LogP contribution >= 0.6 is 0 Å². The molecule has 0 aromatic heterocycles. The van der Waals surface area contributed by atoms with Crippen molar-refractivity contribution < 1.29 is 19.4 Å². The van der Waals surface area contributed by atoms with Gasteiger partial charge in [0, 0.05) is 13.0 Å². The van der Waals surface area contributed by atoms with E-state index in [2.05, 4.69) is 5.32 Å². The minimum atomic E-state index is -0.867. The number of ether oxygens (including phenoxy) is 1. The quantitative estimate of drug-likeness (QED) is 0.769. The van der Waals surface area contributed by atoms with Crippen LogP contribution < -0.4 is 10.1 Å². The Kier molecular flexibility index (Phi) is 5.20. The molecule has 0 unspecified atom stereocenters. The van der Waals surface area contributed by atoms with Crippen LogP contribution in [-0.4, -0.2) is 47.7 Å². The van der Waals surface area contributed by atoms with Crippen LogP contribution in [0, 0.1) is 11.3 Å². The standard InChI is InChI=1S/C15H17N3O4/c16-8-11-3-5-12(6-4-11)22-13-9-18(10-13)15(21)17-7-1-2-14(19)20/h3-6,13H,1-2,7,9-10H2,(H,17,21)(H,19,20). The maximum absolute atomic E-state index is 11.7. The lowest BCUT2D eigenvalue weighted by molar-refractivity contribution is -0.137. The van der Waals surface area contributed by atoms with E-state index in [4.69, 9.17) is 15.1 Å². The maximum atomic E-state index is 11.7. The number of rotatable bonds is 6. The fourth-order valence-electron chi connectivity index (χ4n) is 2.03. The first kappa shape index (κ1) is 15.6. The van der Waals surface area contributed by atoms with Gasteiger partial charge >= 0.3 is 12.0 Å². The monoisotopic (exact) mass is 303 g/mol. The predicted octanol–water partition coefficient (Wildman–Crippen LogP) is 1.20. The molecule has 2 N–H and O–H groups in total. The van der Waals surface area contributed by atoms with Gasteiger partial charge in [-0.3, -0.25) is 4.79 Å². The molecular formula is C15H17N3O4. The van der Waals surface area contributed by atoms with Gasteiger partial charge in [0.2, 0.25) is 0 Å². The Morgan fingerprint density at radius 2 is 2.05 bits per heavy atom. The Labute approximate surface area is 128 Å². The van der Waals surface area contributed by atoms with Crippen LogP contribution in [0.25, 0.3) is 0 Å². The molecule has 0 bridgehead atoms. The average Bonchev–Trinajstić information content (AvgIpc) is 2.47. The first-order valence-electron chi connectivity index (χ1n) is 7.00. The van der Waals surface area contributed by atoms with Crippen molar-refractivity contribution in [2.24, 2.45) is 0 Å². The topological polar surface area (TPSA) is 103 Å². The summed E-state index contributed by atoms with van der Waals surface area (Å²) in [6.45, 7) is 1.33. The molecule has 1 aliphatic heterocycles.